The summed E-state index contributed by atoms with van der Waals surface area (Å²) in [5, 5.41) is 12.6. The van der Waals surface area contributed by atoms with Crippen molar-refractivity contribution in [2.24, 2.45) is 0 Å². The molecule has 3 rings (SSSR count). The molecule has 1 saturated heterocycles. The van der Waals surface area contributed by atoms with Crippen molar-refractivity contribution in [2.75, 3.05) is 43.1 Å². The Hall–Kier alpha value is -2.39. The van der Waals surface area contributed by atoms with E-state index in [1.165, 1.54) is 24.1 Å². The van der Waals surface area contributed by atoms with Crippen molar-refractivity contribution in [2.45, 2.75) is 13.8 Å². The van der Waals surface area contributed by atoms with E-state index in [1.54, 1.807) is 11.3 Å². The molecular formula is C17H19ClN4O4S. The average Bonchev–Trinajstić information content (AvgIpc) is 2.99. The Labute approximate surface area is 165 Å². The van der Waals surface area contributed by atoms with Crippen LogP contribution in [-0.2, 0) is 4.74 Å². The molecule has 0 N–H and O–H groups in total. The number of carbonyl (C=O) groups is 1. The minimum atomic E-state index is -0.700. The Morgan fingerprint density at radius 2 is 1.89 bits per heavy atom. The Kier molecular flexibility index (Phi) is 5.52. The predicted molar refractivity (Wildman–Crippen MR) is 105 cm³/mol. The number of ether oxygens (including phenoxy) is 1. The van der Waals surface area contributed by atoms with Crippen LogP contribution in [0.2, 0.25) is 5.02 Å². The van der Waals surface area contributed by atoms with E-state index < -0.39 is 10.9 Å². The third-order valence-corrected chi connectivity index (χ3v) is 6.02. The van der Waals surface area contributed by atoms with E-state index in [4.69, 9.17) is 11.6 Å². The molecule has 10 heteroatoms. The second-order valence-electron chi connectivity index (χ2n) is 6.18. The largest absolute Gasteiger partial charge is 0.465 e. The quantitative estimate of drug-likeness (QED) is 0.433. The number of aromatic nitrogens is 1. The van der Waals surface area contributed by atoms with Crippen molar-refractivity contribution in [1.29, 1.82) is 0 Å². The van der Waals surface area contributed by atoms with Gasteiger partial charge in [-0.1, -0.05) is 11.6 Å². The summed E-state index contributed by atoms with van der Waals surface area (Å²) in [4.78, 5) is 32.7. The number of benzene rings is 1. The van der Waals surface area contributed by atoms with Crippen LogP contribution in [0.5, 0.6) is 0 Å². The van der Waals surface area contributed by atoms with Crippen LogP contribution in [0.25, 0.3) is 0 Å². The van der Waals surface area contributed by atoms with Crippen molar-refractivity contribution in [3.8, 4) is 0 Å². The van der Waals surface area contributed by atoms with Gasteiger partial charge in [-0.25, -0.2) is 9.78 Å². The van der Waals surface area contributed by atoms with Crippen LogP contribution in [0.3, 0.4) is 0 Å². The lowest BCUT2D eigenvalue weighted by Crippen LogP contribution is -2.46. The van der Waals surface area contributed by atoms with Gasteiger partial charge in [0.25, 0.3) is 5.69 Å². The summed E-state index contributed by atoms with van der Waals surface area (Å²) >= 11 is 7.83. The van der Waals surface area contributed by atoms with E-state index in [0.29, 0.717) is 31.9 Å². The summed E-state index contributed by atoms with van der Waals surface area (Å²) < 4.78 is 4.64. The third-order valence-electron chi connectivity index (χ3n) is 4.57. The van der Waals surface area contributed by atoms with E-state index in [2.05, 4.69) is 14.6 Å². The molecule has 8 nitrogen and oxygen atoms in total. The number of carbonyl (C=O) groups excluding carboxylic acids is 1. The number of nitrogens with zero attached hydrogens (tertiary/aromatic N) is 4. The first-order valence-corrected chi connectivity index (χ1v) is 9.51. The maximum Gasteiger partial charge on any atom is 0.339 e. The molecule has 27 heavy (non-hydrogen) atoms. The van der Waals surface area contributed by atoms with E-state index in [1.807, 2.05) is 18.7 Å². The fourth-order valence-electron chi connectivity index (χ4n) is 2.95. The number of anilines is 2. The highest BCUT2D eigenvalue weighted by Gasteiger charge is 2.28. The van der Waals surface area contributed by atoms with Crippen molar-refractivity contribution in [1.82, 2.24) is 4.98 Å². The van der Waals surface area contributed by atoms with Gasteiger partial charge < -0.3 is 14.5 Å². The molecule has 144 valence electrons. The molecule has 1 aromatic carbocycles. The Morgan fingerprint density at radius 1 is 1.26 bits per heavy atom. The van der Waals surface area contributed by atoms with Gasteiger partial charge in [-0.2, -0.15) is 0 Å². The highest BCUT2D eigenvalue weighted by molar-refractivity contribution is 7.15. The van der Waals surface area contributed by atoms with Crippen LogP contribution in [0.4, 0.5) is 16.5 Å². The SMILES string of the molecule is COC(=O)c1cc([N+](=O)[O-])c(N2CCN(c3nc(C)c(C)s3)CC2)cc1Cl. The molecule has 1 fully saturated rings. The molecule has 2 aromatic rings. The van der Waals surface area contributed by atoms with E-state index in [-0.39, 0.29) is 16.3 Å². The molecule has 1 aliphatic rings. The van der Waals surface area contributed by atoms with Crippen molar-refractivity contribution >= 4 is 45.4 Å². The van der Waals surface area contributed by atoms with Gasteiger partial charge in [0.15, 0.2) is 5.13 Å². The smallest absolute Gasteiger partial charge is 0.339 e. The number of hydrogen-bond acceptors (Lipinski definition) is 8. The second-order valence-corrected chi connectivity index (χ2v) is 7.77. The van der Waals surface area contributed by atoms with Gasteiger partial charge in [-0.3, -0.25) is 10.1 Å². The first-order valence-electron chi connectivity index (χ1n) is 8.32. The lowest BCUT2D eigenvalue weighted by Gasteiger charge is -2.35. The molecule has 0 aliphatic carbocycles. The minimum Gasteiger partial charge on any atom is -0.465 e. The topological polar surface area (TPSA) is 88.8 Å². The standard InChI is InChI=1S/C17H19ClN4O4S/c1-10-11(2)27-17(19-10)21-6-4-20(5-7-21)14-9-13(18)12(16(23)26-3)8-15(14)22(24)25/h8-9H,4-7H2,1-3H3. The van der Waals surface area contributed by atoms with Crippen molar-refractivity contribution in [3.05, 3.63) is 43.4 Å². The number of thiazole rings is 1. The number of hydrogen-bond donors (Lipinski definition) is 0. The number of nitro benzene ring substituents is 1. The first-order chi connectivity index (χ1) is 12.8. The molecule has 0 spiro atoms. The van der Waals surface area contributed by atoms with Gasteiger partial charge in [0.2, 0.25) is 0 Å². The molecule has 0 atom stereocenters. The Balaban J connectivity index is 1.84. The van der Waals surface area contributed by atoms with Crippen LogP contribution in [0, 0.1) is 24.0 Å². The molecule has 0 amide bonds. The lowest BCUT2D eigenvalue weighted by atomic mass is 10.1. The fourth-order valence-corrected chi connectivity index (χ4v) is 4.14. The number of methoxy groups -OCH3 is 1. The zero-order valence-electron chi connectivity index (χ0n) is 15.2. The zero-order valence-corrected chi connectivity index (χ0v) is 16.8. The summed E-state index contributed by atoms with van der Waals surface area (Å²) in [5.41, 5.74) is 1.26. The number of nitro groups is 1. The highest BCUT2D eigenvalue weighted by atomic mass is 35.5. The number of halogens is 1. The molecular weight excluding hydrogens is 392 g/mol. The third kappa shape index (κ3) is 3.84. The lowest BCUT2D eigenvalue weighted by molar-refractivity contribution is -0.384. The first kappa shape index (κ1) is 19.4. The summed E-state index contributed by atoms with van der Waals surface area (Å²) in [6.07, 6.45) is 0. The van der Waals surface area contributed by atoms with Crippen molar-refractivity contribution < 1.29 is 14.5 Å². The highest BCUT2D eigenvalue weighted by Crippen LogP contribution is 2.35. The molecule has 2 heterocycles. The fraction of sp³-hybridized carbons (Fsp3) is 0.412. The monoisotopic (exact) mass is 410 g/mol. The summed E-state index contributed by atoms with van der Waals surface area (Å²) in [7, 11) is 1.21. The predicted octanol–water partition coefficient (Wildman–Crippen LogP) is 3.43. The Morgan fingerprint density at radius 3 is 2.41 bits per heavy atom. The van der Waals surface area contributed by atoms with Crippen LogP contribution >= 0.6 is 22.9 Å². The maximum atomic E-state index is 11.8. The maximum absolute atomic E-state index is 11.8. The number of esters is 1. The van der Waals surface area contributed by atoms with Crippen molar-refractivity contribution in [3.63, 3.8) is 0 Å². The molecule has 0 saturated carbocycles. The number of piperazine rings is 1. The summed E-state index contributed by atoms with van der Waals surface area (Å²) in [6, 6.07) is 2.66. The van der Waals surface area contributed by atoms with E-state index >= 15 is 0 Å². The van der Waals surface area contributed by atoms with Crippen LogP contribution in [0.15, 0.2) is 12.1 Å². The molecule has 1 aliphatic heterocycles. The van der Waals surface area contributed by atoms with Gasteiger partial charge in [0, 0.05) is 37.1 Å². The van der Waals surface area contributed by atoms with Crippen LogP contribution in [0.1, 0.15) is 20.9 Å². The average molecular weight is 411 g/mol. The van der Waals surface area contributed by atoms with E-state index in [0.717, 1.165) is 10.8 Å². The van der Waals surface area contributed by atoms with Gasteiger partial charge in [0.05, 0.1) is 28.3 Å². The normalized spacial score (nSPS) is 14.4. The molecule has 0 bridgehead atoms. The van der Waals surface area contributed by atoms with Crippen LogP contribution < -0.4 is 9.80 Å². The number of rotatable bonds is 4. The second kappa shape index (κ2) is 7.69. The van der Waals surface area contributed by atoms with Gasteiger partial charge in [-0.05, 0) is 19.9 Å². The van der Waals surface area contributed by atoms with Gasteiger partial charge >= 0.3 is 5.97 Å². The molecule has 0 unspecified atom stereocenters. The summed E-state index contributed by atoms with van der Waals surface area (Å²) in [5.74, 6) is -0.700. The van der Waals surface area contributed by atoms with E-state index in [9.17, 15) is 14.9 Å². The number of aryl methyl sites for hydroxylation is 2. The van der Waals surface area contributed by atoms with Gasteiger partial charge in [0.1, 0.15) is 5.69 Å². The molecule has 1 aromatic heterocycles. The zero-order chi connectivity index (χ0) is 19.7. The minimum absolute atomic E-state index is 0.0120. The Bertz CT molecular complexity index is 874. The van der Waals surface area contributed by atoms with Gasteiger partial charge in [-0.15, -0.1) is 11.3 Å². The molecule has 0 radical (unpaired) electrons. The summed E-state index contributed by atoms with van der Waals surface area (Å²) in [6.45, 7) is 6.60. The van der Waals surface area contributed by atoms with Crippen LogP contribution in [-0.4, -0.2) is 49.2 Å².